The van der Waals surface area contributed by atoms with Crippen molar-refractivity contribution in [3.8, 4) is 0 Å². The zero-order valence-corrected chi connectivity index (χ0v) is 10.7. The third-order valence-corrected chi connectivity index (χ3v) is 2.02. The highest BCUT2D eigenvalue weighted by Crippen LogP contribution is 1.87. The van der Waals surface area contributed by atoms with Gasteiger partial charge in [-0.3, -0.25) is 0 Å². The van der Waals surface area contributed by atoms with Crippen molar-refractivity contribution < 1.29 is 22.6 Å². The molecule has 0 heterocycles. The fourth-order valence-corrected chi connectivity index (χ4v) is 1.15. The van der Waals surface area contributed by atoms with Gasteiger partial charge in [0.05, 0.1) is 39.1 Å². The summed E-state index contributed by atoms with van der Waals surface area (Å²) in [5.41, 5.74) is 0. The Morgan fingerprint density at radius 3 is 2.12 bits per heavy atom. The fourth-order valence-electron chi connectivity index (χ4n) is 0.874. The predicted octanol–water partition coefficient (Wildman–Crippen LogP) is -0.439. The first-order valence-corrected chi connectivity index (χ1v) is 6.45. The molecule has 0 saturated carbocycles. The van der Waals surface area contributed by atoms with Gasteiger partial charge in [-0.2, -0.15) is 0 Å². The third kappa shape index (κ3) is 13.8. The summed E-state index contributed by atoms with van der Waals surface area (Å²) in [6.45, 7) is 6.67. The second-order valence-corrected chi connectivity index (χ2v) is 4.14. The highest BCUT2D eigenvalue weighted by atomic mass is 32.2. The molecule has 16 heavy (non-hydrogen) atoms. The highest BCUT2D eigenvalue weighted by molar-refractivity contribution is 7.70. The Bertz CT molecular complexity index is 212. The summed E-state index contributed by atoms with van der Waals surface area (Å²) in [5.74, 6) is 0. The summed E-state index contributed by atoms with van der Waals surface area (Å²) in [6.07, 6.45) is 0.222. The molecule has 0 fully saturated rings. The van der Waals surface area contributed by atoms with Crippen LogP contribution < -0.4 is 4.72 Å². The van der Waals surface area contributed by atoms with Crippen molar-refractivity contribution in [1.29, 1.82) is 0 Å². The third-order valence-electron chi connectivity index (χ3n) is 1.54. The quantitative estimate of drug-likeness (QED) is 0.387. The molecule has 0 aliphatic rings. The maximum atomic E-state index is 10.1. The Morgan fingerprint density at radius 1 is 1.00 bits per heavy atom. The first-order chi connectivity index (χ1) is 7.63. The molecule has 0 aliphatic carbocycles. The Balaban J connectivity index is 2.98. The van der Waals surface area contributed by atoms with Gasteiger partial charge in [-0.1, -0.05) is 0 Å². The summed E-state index contributed by atoms with van der Waals surface area (Å²) in [4.78, 5) is 0. The molecule has 98 valence electrons. The molecule has 0 spiro atoms. The van der Waals surface area contributed by atoms with E-state index >= 15 is 0 Å². The minimum absolute atomic E-state index is 0.222. The van der Waals surface area contributed by atoms with Crippen molar-refractivity contribution in [2.75, 3.05) is 39.6 Å². The van der Waals surface area contributed by atoms with Gasteiger partial charge in [-0.15, -0.1) is 0 Å². The Labute approximate surface area is 98.3 Å². The van der Waals surface area contributed by atoms with E-state index in [1.807, 2.05) is 13.8 Å². The molecule has 0 aromatic rings. The van der Waals surface area contributed by atoms with E-state index in [2.05, 4.69) is 4.72 Å². The average molecular weight is 255 g/mol. The van der Waals surface area contributed by atoms with Crippen LogP contribution in [0.25, 0.3) is 0 Å². The van der Waals surface area contributed by atoms with E-state index in [4.69, 9.17) is 14.2 Å². The van der Waals surface area contributed by atoms with E-state index in [0.29, 0.717) is 39.6 Å². The molecule has 6 nitrogen and oxygen atoms in total. The van der Waals surface area contributed by atoms with Crippen LogP contribution >= 0.6 is 0 Å². The Kier molecular flexibility index (Phi) is 11.1. The summed E-state index contributed by atoms with van der Waals surface area (Å²) >= 11 is 0. The SMILES string of the molecule is CC(C)OCCOCCOCCN[SH](=O)=O. The molecule has 0 aromatic carbocycles. The lowest BCUT2D eigenvalue weighted by atomic mass is 10.5. The van der Waals surface area contributed by atoms with E-state index < -0.39 is 10.9 Å². The second kappa shape index (κ2) is 11.3. The van der Waals surface area contributed by atoms with Gasteiger partial charge in [0.15, 0.2) is 0 Å². The van der Waals surface area contributed by atoms with E-state index in [1.54, 1.807) is 0 Å². The minimum Gasteiger partial charge on any atom is -0.378 e. The molecule has 0 amide bonds. The Morgan fingerprint density at radius 2 is 1.56 bits per heavy atom. The van der Waals surface area contributed by atoms with Crippen molar-refractivity contribution in [1.82, 2.24) is 4.72 Å². The van der Waals surface area contributed by atoms with Gasteiger partial charge in [0.2, 0.25) is 10.9 Å². The van der Waals surface area contributed by atoms with Gasteiger partial charge >= 0.3 is 0 Å². The predicted molar refractivity (Wildman–Crippen MR) is 61.0 cm³/mol. The van der Waals surface area contributed by atoms with Crippen LogP contribution in [-0.4, -0.2) is 54.1 Å². The van der Waals surface area contributed by atoms with Crippen molar-refractivity contribution >= 4 is 10.9 Å². The molecule has 0 saturated heterocycles. The van der Waals surface area contributed by atoms with Crippen LogP contribution in [0.3, 0.4) is 0 Å². The number of hydrogen-bond acceptors (Lipinski definition) is 5. The molecular formula is C9H21NO5S. The molecule has 0 unspecified atom stereocenters. The molecule has 1 N–H and O–H groups in total. The molecule has 0 radical (unpaired) electrons. The van der Waals surface area contributed by atoms with Crippen LogP contribution in [0.1, 0.15) is 13.8 Å². The normalized spacial score (nSPS) is 11.5. The smallest absolute Gasteiger partial charge is 0.201 e. The summed E-state index contributed by atoms with van der Waals surface area (Å²) in [7, 11) is -2.52. The van der Waals surface area contributed by atoms with Crippen LogP contribution in [-0.2, 0) is 25.1 Å². The number of thiol groups is 1. The van der Waals surface area contributed by atoms with Crippen molar-refractivity contribution in [3.63, 3.8) is 0 Å². The van der Waals surface area contributed by atoms with Crippen molar-refractivity contribution in [3.05, 3.63) is 0 Å². The summed E-state index contributed by atoms with van der Waals surface area (Å²) in [5, 5.41) is 0. The van der Waals surface area contributed by atoms with E-state index in [0.717, 1.165) is 0 Å². The van der Waals surface area contributed by atoms with Gasteiger partial charge in [0.25, 0.3) is 0 Å². The molecule has 0 aromatic heterocycles. The lowest BCUT2D eigenvalue weighted by Crippen LogP contribution is -2.19. The maximum absolute atomic E-state index is 10.1. The van der Waals surface area contributed by atoms with Crippen molar-refractivity contribution in [2.45, 2.75) is 20.0 Å². The fraction of sp³-hybridized carbons (Fsp3) is 1.00. The van der Waals surface area contributed by atoms with Crippen LogP contribution in [0.4, 0.5) is 0 Å². The maximum Gasteiger partial charge on any atom is 0.201 e. The number of nitrogens with one attached hydrogen (secondary N) is 1. The van der Waals surface area contributed by atoms with Gasteiger partial charge in [-0.25, -0.2) is 13.1 Å². The van der Waals surface area contributed by atoms with Gasteiger partial charge < -0.3 is 14.2 Å². The average Bonchev–Trinajstić information content (AvgIpc) is 2.20. The molecule has 0 rings (SSSR count). The minimum atomic E-state index is -2.52. The van der Waals surface area contributed by atoms with E-state index in [9.17, 15) is 8.42 Å². The monoisotopic (exact) mass is 255 g/mol. The number of rotatable bonds is 11. The lowest BCUT2D eigenvalue weighted by Gasteiger charge is -2.08. The van der Waals surface area contributed by atoms with E-state index in [-0.39, 0.29) is 6.10 Å². The van der Waals surface area contributed by atoms with Crippen LogP contribution in [0, 0.1) is 0 Å². The molecule has 7 heteroatoms. The van der Waals surface area contributed by atoms with Gasteiger partial charge in [-0.05, 0) is 13.8 Å². The molecular weight excluding hydrogens is 234 g/mol. The van der Waals surface area contributed by atoms with Crippen LogP contribution in [0.15, 0.2) is 0 Å². The topological polar surface area (TPSA) is 73.9 Å². The highest BCUT2D eigenvalue weighted by Gasteiger charge is 1.93. The number of ether oxygens (including phenoxy) is 3. The standard InChI is InChI=1S/C9H21NO5S/c1-9(2)15-8-7-14-6-5-13-4-3-10-16(11)12/h9,16H,3-8H2,1-2H3,(H,10,11,12). The first-order valence-electron chi connectivity index (χ1n) is 5.28. The van der Waals surface area contributed by atoms with Crippen LogP contribution in [0.5, 0.6) is 0 Å². The Hall–Kier alpha value is -0.210. The first kappa shape index (κ1) is 15.8. The summed E-state index contributed by atoms with van der Waals surface area (Å²) < 4.78 is 38.0. The summed E-state index contributed by atoms with van der Waals surface area (Å²) in [6, 6.07) is 0. The zero-order valence-electron chi connectivity index (χ0n) is 9.81. The van der Waals surface area contributed by atoms with Gasteiger partial charge in [0.1, 0.15) is 0 Å². The van der Waals surface area contributed by atoms with Gasteiger partial charge in [0, 0.05) is 6.54 Å². The number of hydrogen-bond donors (Lipinski definition) is 2. The zero-order chi connectivity index (χ0) is 12.2. The lowest BCUT2D eigenvalue weighted by molar-refractivity contribution is -0.000711. The largest absolute Gasteiger partial charge is 0.378 e. The molecule has 0 bridgehead atoms. The molecule has 0 atom stereocenters. The second-order valence-electron chi connectivity index (χ2n) is 3.31. The van der Waals surface area contributed by atoms with Crippen LogP contribution in [0.2, 0.25) is 0 Å². The van der Waals surface area contributed by atoms with Crippen molar-refractivity contribution in [2.24, 2.45) is 0 Å². The molecule has 0 aliphatic heterocycles. The van der Waals surface area contributed by atoms with E-state index in [1.165, 1.54) is 0 Å².